The number of rotatable bonds is 2. The second-order valence-electron chi connectivity index (χ2n) is 9.29. The molecule has 0 radical (unpaired) electrons. The Labute approximate surface area is 258 Å². The van der Waals surface area contributed by atoms with Crippen LogP contribution in [0.5, 0.6) is 0 Å². The minimum absolute atomic E-state index is 0. The van der Waals surface area contributed by atoms with Gasteiger partial charge in [0.2, 0.25) is 0 Å². The van der Waals surface area contributed by atoms with Gasteiger partial charge in [-0.1, -0.05) is 84.9 Å². The van der Waals surface area contributed by atoms with Crippen molar-refractivity contribution in [3.05, 3.63) is 133 Å². The Bertz CT molecular complexity index is 1550. The maximum Gasteiger partial charge on any atom is 4.00 e. The minimum atomic E-state index is 0. The van der Waals surface area contributed by atoms with Crippen molar-refractivity contribution in [1.29, 1.82) is 0 Å². The van der Waals surface area contributed by atoms with Crippen molar-refractivity contribution in [2.24, 2.45) is 0 Å². The molecule has 39 heavy (non-hydrogen) atoms. The van der Waals surface area contributed by atoms with E-state index in [1.165, 1.54) is 65.9 Å². The molecule has 0 aliphatic rings. The van der Waals surface area contributed by atoms with E-state index in [1.54, 1.807) is 0 Å². The van der Waals surface area contributed by atoms with Crippen LogP contribution >= 0.6 is 0 Å². The number of hydrogen-bond acceptors (Lipinski definition) is 0. The summed E-state index contributed by atoms with van der Waals surface area (Å²) in [6.07, 6.45) is 0. The zero-order valence-corrected chi connectivity index (χ0v) is 26.1. The molecule has 0 aliphatic carbocycles. The minimum Gasteiger partial charge on any atom is -1.00 e. The maximum atomic E-state index is 3.47. The van der Waals surface area contributed by atoms with Gasteiger partial charge in [-0.25, -0.2) is 0 Å². The third-order valence-corrected chi connectivity index (χ3v) is 6.92. The molecule has 2 N–H and O–H groups in total. The molecule has 0 saturated carbocycles. The summed E-state index contributed by atoms with van der Waals surface area (Å²) in [6, 6.07) is 47.1. The molecule has 2 heterocycles. The summed E-state index contributed by atoms with van der Waals surface area (Å²) in [5.74, 6) is 0. The second-order valence-corrected chi connectivity index (χ2v) is 9.29. The number of nitrogens with one attached hydrogen (secondary N) is 2. The van der Waals surface area contributed by atoms with Crippen molar-refractivity contribution in [1.82, 2.24) is 9.97 Å². The number of aromatic amines is 2. The fourth-order valence-corrected chi connectivity index (χ4v) is 5.07. The molecule has 0 bridgehead atoms. The molecule has 0 spiro atoms. The zero-order valence-electron chi connectivity index (χ0n) is 21.0. The zero-order chi connectivity index (χ0) is 23.9. The van der Waals surface area contributed by atoms with Crippen molar-refractivity contribution in [3.8, 4) is 22.5 Å². The summed E-state index contributed by atoms with van der Waals surface area (Å²) in [7, 11) is 0. The van der Waals surface area contributed by atoms with E-state index >= 15 is 0 Å². The smallest absolute Gasteiger partial charge is 1.00 e. The van der Waals surface area contributed by atoms with Gasteiger partial charge < -0.3 is 34.8 Å². The number of aromatic nitrogens is 2. The van der Waals surface area contributed by atoms with Gasteiger partial charge in [0.15, 0.2) is 0 Å². The molecule has 2 nitrogen and oxygen atoms in total. The van der Waals surface area contributed by atoms with Gasteiger partial charge in [0, 0.05) is 11.0 Å². The van der Waals surface area contributed by atoms with E-state index in [1.807, 2.05) is 0 Å². The van der Waals surface area contributed by atoms with Gasteiger partial charge in [-0.05, 0) is 34.3 Å². The summed E-state index contributed by atoms with van der Waals surface area (Å²) in [5, 5.41) is 7.71. The molecule has 0 aliphatic heterocycles. The van der Waals surface area contributed by atoms with Gasteiger partial charge in [0.05, 0.1) is 0 Å². The maximum absolute atomic E-state index is 3.47. The Morgan fingerprint density at radius 3 is 1.15 bits per heavy atom. The Hall–Kier alpha value is -3.37. The first-order chi connectivity index (χ1) is 17.8. The quantitative estimate of drug-likeness (QED) is 0.204. The number of para-hydroxylation sites is 2. The number of benzene rings is 4. The summed E-state index contributed by atoms with van der Waals surface area (Å²) in [5.41, 5.74) is 7.27. The van der Waals surface area contributed by atoms with Gasteiger partial charge in [0.25, 0.3) is 0 Å². The number of halogens is 2. The topological polar surface area (TPSA) is 31.6 Å². The van der Waals surface area contributed by atoms with Crippen LogP contribution in [0.2, 0.25) is 0 Å². The van der Waals surface area contributed by atoms with Crippen LogP contribution < -0.4 is 24.8 Å². The van der Waals surface area contributed by atoms with Crippen molar-refractivity contribution >= 4 is 43.4 Å². The van der Waals surface area contributed by atoms with Gasteiger partial charge in [0.1, 0.15) is 0 Å². The molecular formula is C34H24Cl2HfN2. The molecule has 0 saturated heterocycles. The molecule has 0 atom stereocenters. The molecular weight excluding hydrogens is 686 g/mol. The molecule has 0 amide bonds. The first-order valence-electron chi connectivity index (χ1n) is 12.3. The molecule has 188 valence electrons. The van der Waals surface area contributed by atoms with E-state index < -0.39 is 0 Å². The van der Waals surface area contributed by atoms with E-state index in [4.69, 9.17) is 0 Å². The molecule has 5 heteroatoms. The first kappa shape index (κ1) is 28.6. The Morgan fingerprint density at radius 2 is 0.769 bits per heavy atom. The Morgan fingerprint density at radius 1 is 0.410 bits per heavy atom. The second kappa shape index (κ2) is 12.2. The van der Waals surface area contributed by atoms with Gasteiger partial charge >= 0.3 is 25.8 Å². The molecule has 0 unspecified atom stereocenters. The average molecular weight is 710 g/mol. The van der Waals surface area contributed by atoms with Crippen LogP contribution in [0.1, 0.15) is 0 Å². The number of hydrogen-bond donors (Lipinski definition) is 2. The summed E-state index contributed by atoms with van der Waals surface area (Å²) < 4.78 is 0. The molecule has 2 aromatic heterocycles. The van der Waals surface area contributed by atoms with Crippen LogP contribution in [0.3, 0.4) is 0 Å². The third-order valence-electron chi connectivity index (χ3n) is 6.92. The number of H-pyrrole nitrogens is 2. The fraction of sp³-hybridized carbons (Fsp3) is 0. The average Bonchev–Trinajstić information content (AvgIpc) is 3.70. The summed E-state index contributed by atoms with van der Waals surface area (Å²) >= 11 is 0. The van der Waals surface area contributed by atoms with E-state index in [9.17, 15) is 0 Å². The van der Waals surface area contributed by atoms with Gasteiger partial charge in [-0.3, -0.25) is 0 Å². The molecule has 0 fully saturated rings. The third kappa shape index (κ3) is 5.67. The van der Waals surface area contributed by atoms with Crippen molar-refractivity contribution in [2.75, 3.05) is 0 Å². The van der Waals surface area contributed by atoms with Crippen LogP contribution in [0.4, 0.5) is 0 Å². The van der Waals surface area contributed by atoms with E-state index in [2.05, 4.69) is 143 Å². The van der Waals surface area contributed by atoms with Crippen molar-refractivity contribution in [3.63, 3.8) is 0 Å². The van der Waals surface area contributed by atoms with Gasteiger partial charge in [-0.15, -0.1) is 69.1 Å². The normalized spacial score (nSPS) is 10.5. The monoisotopic (exact) mass is 710 g/mol. The van der Waals surface area contributed by atoms with Crippen molar-refractivity contribution in [2.45, 2.75) is 0 Å². The Balaban J connectivity index is 0.000000168. The molecule has 8 aromatic rings. The van der Waals surface area contributed by atoms with Gasteiger partial charge in [-0.2, -0.15) is 0 Å². The predicted molar refractivity (Wildman–Crippen MR) is 154 cm³/mol. The van der Waals surface area contributed by atoms with Crippen LogP contribution in [0.15, 0.2) is 133 Å². The first-order valence-corrected chi connectivity index (χ1v) is 12.3. The van der Waals surface area contributed by atoms with E-state index in [0.29, 0.717) is 0 Å². The van der Waals surface area contributed by atoms with Crippen LogP contribution in [0.25, 0.3) is 65.9 Å². The predicted octanol–water partition coefficient (Wildman–Crippen LogP) is 3.42. The van der Waals surface area contributed by atoms with E-state index in [0.717, 1.165) is 0 Å². The fourth-order valence-electron chi connectivity index (χ4n) is 5.07. The number of fused-ring (bicyclic) bond motifs is 4. The Kier molecular flexibility index (Phi) is 8.97. The van der Waals surface area contributed by atoms with Crippen molar-refractivity contribution < 1.29 is 50.7 Å². The largest absolute Gasteiger partial charge is 4.00 e. The molecule has 6 aromatic carbocycles. The van der Waals surface area contributed by atoms with Crippen LogP contribution in [0, 0.1) is 0 Å². The van der Waals surface area contributed by atoms with Crippen LogP contribution in [-0.4, -0.2) is 9.97 Å². The standard InChI is InChI=1S/2C17H12N.2ClH.Hf/c2*1-2-6-13-10-15(9-12(13)5-1)17-11-14-7-3-4-8-16(14)18-17;;;/h2*1-11,18H;2*1H;/q2*-1;;;+4/p-2. The summed E-state index contributed by atoms with van der Waals surface area (Å²) in [4.78, 5) is 6.95. The van der Waals surface area contributed by atoms with Crippen LogP contribution in [-0.2, 0) is 25.8 Å². The van der Waals surface area contributed by atoms with E-state index in [-0.39, 0.29) is 50.7 Å². The SMILES string of the molecule is [Cl-].[Cl-].[Hf+4].c1ccc2[cH-]c(-c3cc4ccccc4[nH]3)cc2c1.c1ccc2[cH-]c(-c3cc4ccccc4[nH]3)cc2c1. The summed E-state index contributed by atoms with van der Waals surface area (Å²) in [6.45, 7) is 0. The molecule has 8 rings (SSSR count).